The molecule has 1 aliphatic carbocycles. The zero-order valence-electron chi connectivity index (χ0n) is 14.6. The van der Waals surface area contributed by atoms with Gasteiger partial charge in [-0.25, -0.2) is 14.8 Å². The summed E-state index contributed by atoms with van der Waals surface area (Å²) in [5.74, 6) is 0.127. The second-order valence-corrected chi connectivity index (χ2v) is 7.98. The summed E-state index contributed by atoms with van der Waals surface area (Å²) in [4.78, 5) is 34.2. The van der Waals surface area contributed by atoms with Gasteiger partial charge in [-0.2, -0.15) is 0 Å². The van der Waals surface area contributed by atoms with Crippen molar-refractivity contribution in [1.82, 2.24) is 9.97 Å². The van der Waals surface area contributed by atoms with Crippen molar-refractivity contribution in [1.29, 1.82) is 0 Å². The number of nitrogens with zero attached hydrogens (tertiary/aromatic N) is 2. The van der Waals surface area contributed by atoms with Crippen LogP contribution >= 0.6 is 23.1 Å². The Morgan fingerprint density at radius 3 is 2.81 bits per heavy atom. The highest BCUT2D eigenvalue weighted by atomic mass is 32.2. The smallest absolute Gasteiger partial charge is 0.341 e. The van der Waals surface area contributed by atoms with Gasteiger partial charge in [0.2, 0.25) is 5.91 Å². The molecule has 8 heteroatoms. The van der Waals surface area contributed by atoms with Gasteiger partial charge in [-0.3, -0.25) is 4.79 Å². The van der Waals surface area contributed by atoms with Crippen LogP contribution in [0.5, 0.6) is 0 Å². The first-order chi connectivity index (χ1) is 12.7. The predicted octanol–water partition coefficient (Wildman–Crippen LogP) is 3.71. The van der Waals surface area contributed by atoms with E-state index < -0.39 is 0 Å². The van der Waals surface area contributed by atoms with E-state index in [9.17, 15) is 9.59 Å². The van der Waals surface area contributed by atoms with Gasteiger partial charge in [-0.1, -0.05) is 11.8 Å². The number of carbonyl (C=O) groups is 2. The molecule has 2 aromatic heterocycles. The topological polar surface area (TPSA) is 81.2 Å². The summed E-state index contributed by atoms with van der Waals surface area (Å²) in [6.07, 6.45) is 7.71. The van der Waals surface area contributed by atoms with Gasteiger partial charge in [0.05, 0.1) is 12.2 Å². The number of hydrogen-bond donors (Lipinski definition) is 1. The maximum absolute atomic E-state index is 12.4. The van der Waals surface area contributed by atoms with Crippen LogP contribution in [0.1, 0.15) is 47.0 Å². The van der Waals surface area contributed by atoms with E-state index in [1.165, 1.54) is 28.0 Å². The first-order valence-corrected chi connectivity index (χ1v) is 10.5. The molecule has 0 fully saturated rings. The monoisotopic (exact) mass is 391 g/mol. The molecule has 0 aromatic carbocycles. The summed E-state index contributed by atoms with van der Waals surface area (Å²) in [5, 5.41) is 4.20. The van der Waals surface area contributed by atoms with Crippen molar-refractivity contribution in [2.45, 2.75) is 44.2 Å². The van der Waals surface area contributed by atoms with Gasteiger partial charge in [0.25, 0.3) is 0 Å². The van der Waals surface area contributed by atoms with E-state index in [1.807, 2.05) is 0 Å². The fraction of sp³-hybridized carbons (Fsp3) is 0.444. The molecular weight excluding hydrogens is 370 g/mol. The van der Waals surface area contributed by atoms with E-state index in [2.05, 4.69) is 15.3 Å². The lowest BCUT2D eigenvalue weighted by molar-refractivity contribution is -0.115. The minimum atomic E-state index is -0.339. The quantitative estimate of drug-likeness (QED) is 0.440. The number of esters is 1. The van der Waals surface area contributed by atoms with Crippen molar-refractivity contribution in [2.75, 3.05) is 17.7 Å². The van der Waals surface area contributed by atoms with Gasteiger partial charge in [-0.15, -0.1) is 11.3 Å². The van der Waals surface area contributed by atoms with E-state index in [0.29, 0.717) is 34.5 Å². The van der Waals surface area contributed by atoms with Crippen LogP contribution < -0.4 is 5.32 Å². The van der Waals surface area contributed by atoms with Crippen LogP contribution in [0.3, 0.4) is 0 Å². The maximum atomic E-state index is 12.4. The molecule has 2 aromatic rings. The van der Waals surface area contributed by atoms with E-state index in [4.69, 9.17) is 4.74 Å². The number of hydrogen-bond acceptors (Lipinski definition) is 7. The number of nitrogens with one attached hydrogen (secondary N) is 1. The van der Waals surface area contributed by atoms with Crippen LogP contribution in [0, 0.1) is 0 Å². The van der Waals surface area contributed by atoms with Crippen molar-refractivity contribution < 1.29 is 14.3 Å². The number of anilines is 1. The fourth-order valence-electron chi connectivity index (χ4n) is 2.86. The number of aromatic nitrogens is 2. The number of carbonyl (C=O) groups excluding carboxylic acids is 2. The molecule has 2 heterocycles. The summed E-state index contributed by atoms with van der Waals surface area (Å²) in [6.45, 7) is 2.11. The molecule has 0 bridgehead atoms. The second kappa shape index (κ2) is 9.14. The van der Waals surface area contributed by atoms with Crippen LogP contribution in [0.15, 0.2) is 23.6 Å². The molecule has 0 saturated carbocycles. The molecule has 0 saturated heterocycles. The van der Waals surface area contributed by atoms with Gasteiger partial charge < -0.3 is 10.1 Å². The molecule has 1 amide bonds. The number of rotatable bonds is 7. The van der Waals surface area contributed by atoms with Crippen LogP contribution in [-0.4, -0.2) is 34.2 Å². The molecule has 6 nitrogen and oxygen atoms in total. The van der Waals surface area contributed by atoms with E-state index in [1.54, 1.807) is 25.4 Å². The third-order valence-electron chi connectivity index (χ3n) is 4.01. The highest BCUT2D eigenvalue weighted by molar-refractivity contribution is 7.99. The normalized spacial score (nSPS) is 13.1. The van der Waals surface area contributed by atoms with E-state index in [-0.39, 0.29) is 11.9 Å². The average Bonchev–Trinajstić information content (AvgIpc) is 3.00. The van der Waals surface area contributed by atoms with Gasteiger partial charge in [0, 0.05) is 29.4 Å². The third kappa shape index (κ3) is 4.62. The Bertz CT molecular complexity index is 777. The fourth-order valence-corrected chi connectivity index (χ4v) is 4.89. The highest BCUT2D eigenvalue weighted by Gasteiger charge is 2.27. The molecule has 0 unspecified atom stereocenters. The Morgan fingerprint density at radius 1 is 1.27 bits per heavy atom. The Kier molecular flexibility index (Phi) is 6.62. The largest absolute Gasteiger partial charge is 0.462 e. The molecule has 0 spiro atoms. The van der Waals surface area contributed by atoms with Crippen LogP contribution in [0.2, 0.25) is 0 Å². The van der Waals surface area contributed by atoms with E-state index in [0.717, 1.165) is 31.2 Å². The SMILES string of the molecule is CCOC(=O)c1c(NC(=O)CCSc2ncccn2)sc2c1CCCC2. The van der Waals surface area contributed by atoms with Gasteiger partial charge in [0.15, 0.2) is 5.16 Å². The lowest BCUT2D eigenvalue weighted by atomic mass is 9.95. The van der Waals surface area contributed by atoms with Gasteiger partial charge in [0.1, 0.15) is 5.00 Å². The zero-order valence-corrected chi connectivity index (χ0v) is 16.3. The highest BCUT2D eigenvalue weighted by Crippen LogP contribution is 2.38. The van der Waals surface area contributed by atoms with Crippen LogP contribution in [0.4, 0.5) is 5.00 Å². The van der Waals surface area contributed by atoms with Gasteiger partial charge >= 0.3 is 5.97 Å². The molecular formula is C18H21N3O3S2. The van der Waals surface area contributed by atoms with Crippen molar-refractivity contribution in [3.05, 3.63) is 34.5 Å². The average molecular weight is 392 g/mol. The second-order valence-electron chi connectivity index (χ2n) is 5.81. The summed E-state index contributed by atoms with van der Waals surface area (Å²) in [5.41, 5.74) is 1.61. The Hall–Kier alpha value is -1.93. The number of fused-ring (bicyclic) bond motifs is 1. The predicted molar refractivity (Wildman–Crippen MR) is 103 cm³/mol. The first-order valence-electron chi connectivity index (χ1n) is 8.70. The van der Waals surface area contributed by atoms with Crippen molar-refractivity contribution in [3.63, 3.8) is 0 Å². The Balaban J connectivity index is 1.65. The summed E-state index contributed by atoms with van der Waals surface area (Å²) >= 11 is 2.94. The summed E-state index contributed by atoms with van der Waals surface area (Å²) in [7, 11) is 0. The number of amides is 1. The van der Waals surface area contributed by atoms with Crippen molar-refractivity contribution in [2.24, 2.45) is 0 Å². The minimum Gasteiger partial charge on any atom is -0.462 e. The van der Waals surface area contributed by atoms with E-state index >= 15 is 0 Å². The molecule has 138 valence electrons. The number of ether oxygens (including phenoxy) is 1. The molecule has 0 radical (unpaired) electrons. The first kappa shape index (κ1) is 18.8. The van der Waals surface area contributed by atoms with Gasteiger partial charge in [-0.05, 0) is 44.2 Å². The molecule has 0 atom stereocenters. The lowest BCUT2D eigenvalue weighted by Crippen LogP contribution is -2.16. The third-order valence-corrected chi connectivity index (χ3v) is 6.09. The van der Waals surface area contributed by atoms with Crippen molar-refractivity contribution >= 4 is 40.0 Å². The zero-order chi connectivity index (χ0) is 18.4. The number of thiophene rings is 1. The molecule has 1 aliphatic rings. The van der Waals surface area contributed by atoms with Crippen LogP contribution in [-0.2, 0) is 22.4 Å². The Morgan fingerprint density at radius 2 is 2.04 bits per heavy atom. The standard InChI is InChI=1S/C18H21N3O3S2/c1-2-24-17(23)15-12-6-3-4-7-13(12)26-16(15)21-14(22)8-11-25-18-19-9-5-10-20-18/h5,9-10H,2-4,6-8,11H2,1H3,(H,21,22). The summed E-state index contributed by atoms with van der Waals surface area (Å²) < 4.78 is 5.21. The Labute approximate surface area is 160 Å². The lowest BCUT2D eigenvalue weighted by Gasteiger charge is -2.12. The molecule has 3 rings (SSSR count). The maximum Gasteiger partial charge on any atom is 0.341 e. The summed E-state index contributed by atoms with van der Waals surface area (Å²) in [6, 6.07) is 1.76. The molecule has 1 N–H and O–H groups in total. The number of thioether (sulfide) groups is 1. The molecule has 26 heavy (non-hydrogen) atoms. The number of aryl methyl sites for hydroxylation is 1. The van der Waals surface area contributed by atoms with Crippen molar-refractivity contribution in [3.8, 4) is 0 Å². The minimum absolute atomic E-state index is 0.113. The molecule has 0 aliphatic heterocycles. The van der Waals surface area contributed by atoms with Crippen LogP contribution in [0.25, 0.3) is 0 Å².